The van der Waals surface area contributed by atoms with Crippen molar-refractivity contribution in [2.45, 2.75) is 32.0 Å². The summed E-state index contributed by atoms with van der Waals surface area (Å²) < 4.78 is 2.01. The maximum atomic E-state index is 10.7. The first-order valence-corrected chi connectivity index (χ1v) is 8.33. The van der Waals surface area contributed by atoms with Gasteiger partial charge in [0.2, 0.25) is 0 Å². The van der Waals surface area contributed by atoms with Crippen LogP contribution in [0.25, 0.3) is 0 Å². The molecule has 1 N–H and O–H groups in total. The summed E-state index contributed by atoms with van der Waals surface area (Å²) in [5, 5.41) is 18.5. The SMILES string of the molecule is CC(C)Cn1c(Cc2ccc(Cl)cc2)nnc1SCC(=O)O. The van der Waals surface area contributed by atoms with Gasteiger partial charge in [-0.15, -0.1) is 10.2 Å². The van der Waals surface area contributed by atoms with Crippen LogP contribution in [-0.4, -0.2) is 31.6 Å². The Morgan fingerprint density at radius 1 is 1.32 bits per heavy atom. The smallest absolute Gasteiger partial charge is 0.313 e. The van der Waals surface area contributed by atoms with Crippen LogP contribution in [0.3, 0.4) is 0 Å². The Balaban J connectivity index is 2.21. The normalized spacial score (nSPS) is 11.1. The van der Waals surface area contributed by atoms with E-state index in [0.717, 1.165) is 17.9 Å². The number of thioether (sulfide) groups is 1. The van der Waals surface area contributed by atoms with Crippen molar-refractivity contribution in [1.29, 1.82) is 0 Å². The van der Waals surface area contributed by atoms with Crippen molar-refractivity contribution in [2.75, 3.05) is 5.75 Å². The van der Waals surface area contributed by atoms with Gasteiger partial charge < -0.3 is 9.67 Å². The molecule has 0 spiro atoms. The average molecular weight is 340 g/mol. The number of benzene rings is 1. The van der Waals surface area contributed by atoms with Crippen LogP contribution in [-0.2, 0) is 17.8 Å². The molecule has 2 rings (SSSR count). The highest BCUT2D eigenvalue weighted by molar-refractivity contribution is 7.99. The maximum absolute atomic E-state index is 10.7. The number of carboxylic acid groups (broad SMARTS) is 1. The molecule has 0 atom stereocenters. The van der Waals surface area contributed by atoms with E-state index in [2.05, 4.69) is 24.0 Å². The first-order chi connectivity index (χ1) is 10.5. The van der Waals surface area contributed by atoms with Gasteiger partial charge in [-0.3, -0.25) is 4.79 Å². The van der Waals surface area contributed by atoms with E-state index >= 15 is 0 Å². The molecule has 7 heteroatoms. The molecule has 1 aromatic carbocycles. The number of rotatable bonds is 7. The highest BCUT2D eigenvalue weighted by Gasteiger charge is 2.15. The first-order valence-electron chi connectivity index (χ1n) is 6.97. The molecule has 2 aromatic rings. The van der Waals surface area contributed by atoms with Crippen molar-refractivity contribution < 1.29 is 9.90 Å². The van der Waals surface area contributed by atoms with Gasteiger partial charge in [0.05, 0.1) is 5.75 Å². The van der Waals surface area contributed by atoms with Crippen LogP contribution >= 0.6 is 23.4 Å². The van der Waals surface area contributed by atoms with E-state index in [1.54, 1.807) is 0 Å². The number of aliphatic carboxylic acids is 1. The Kier molecular flexibility index (Phi) is 5.85. The minimum atomic E-state index is -0.858. The van der Waals surface area contributed by atoms with E-state index in [9.17, 15) is 4.79 Å². The summed E-state index contributed by atoms with van der Waals surface area (Å²) in [5.74, 6) is 0.383. The third-order valence-corrected chi connectivity index (χ3v) is 4.14. The Labute approximate surface area is 138 Å². The maximum Gasteiger partial charge on any atom is 0.313 e. The van der Waals surface area contributed by atoms with Gasteiger partial charge >= 0.3 is 5.97 Å². The number of carboxylic acids is 1. The molecule has 0 radical (unpaired) electrons. The van der Waals surface area contributed by atoms with Crippen LogP contribution in [0, 0.1) is 5.92 Å². The Morgan fingerprint density at radius 2 is 2.00 bits per heavy atom. The molecule has 0 aliphatic carbocycles. The lowest BCUT2D eigenvalue weighted by molar-refractivity contribution is -0.133. The lowest BCUT2D eigenvalue weighted by Gasteiger charge is -2.12. The van der Waals surface area contributed by atoms with Crippen LogP contribution in [0.2, 0.25) is 5.02 Å². The molecule has 0 saturated heterocycles. The van der Waals surface area contributed by atoms with Gasteiger partial charge in [0.1, 0.15) is 5.82 Å². The number of aromatic nitrogens is 3. The Hall–Kier alpha value is -1.53. The number of halogens is 1. The predicted octanol–water partition coefficient (Wildman–Crippen LogP) is 3.36. The van der Waals surface area contributed by atoms with Gasteiger partial charge in [-0.25, -0.2) is 0 Å². The summed E-state index contributed by atoms with van der Waals surface area (Å²) in [6.07, 6.45) is 0.643. The van der Waals surface area contributed by atoms with Crippen molar-refractivity contribution in [2.24, 2.45) is 5.92 Å². The molecular weight excluding hydrogens is 322 g/mol. The van der Waals surface area contributed by atoms with Crippen molar-refractivity contribution in [3.05, 3.63) is 40.7 Å². The van der Waals surface area contributed by atoms with Crippen molar-refractivity contribution >= 4 is 29.3 Å². The lowest BCUT2D eigenvalue weighted by Crippen LogP contribution is -2.11. The zero-order chi connectivity index (χ0) is 16.1. The van der Waals surface area contributed by atoms with E-state index in [-0.39, 0.29) is 5.75 Å². The lowest BCUT2D eigenvalue weighted by atomic mass is 10.1. The summed E-state index contributed by atoms with van der Waals surface area (Å²) in [5.41, 5.74) is 1.09. The molecule has 118 valence electrons. The Bertz CT molecular complexity index is 641. The van der Waals surface area contributed by atoms with Gasteiger partial charge in [0.15, 0.2) is 5.16 Å². The van der Waals surface area contributed by atoms with E-state index < -0.39 is 5.97 Å². The number of nitrogens with zero attached hydrogens (tertiary/aromatic N) is 3. The number of hydrogen-bond donors (Lipinski definition) is 1. The molecule has 22 heavy (non-hydrogen) atoms. The molecule has 1 heterocycles. The second-order valence-electron chi connectivity index (χ2n) is 5.39. The zero-order valence-electron chi connectivity index (χ0n) is 12.5. The van der Waals surface area contributed by atoms with E-state index in [4.69, 9.17) is 16.7 Å². The molecule has 5 nitrogen and oxygen atoms in total. The van der Waals surface area contributed by atoms with Gasteiger partial charge in [0, 0.05) is 18.0 Å². The molecule has 0 bridgehead atoms. The highest BCUT2D eigenvalue weighted by atomic mass is 35.5. The predicted molar refractivity (Wildman–Crippen MR) is 87.5 cm³/mol. The van der Waals surface area contributed by atoms with Crippen LogP contribution < -0.4 is 0 Å². The average Bonchev–Trinajstić information content (AvgIpc) is 2.81. The van der Waals surface area contributed by atoms with E-state index in [0.29, 0.717) is 22.5 Å². The fourth-order valence-electron chi connectivity index (χ4n) is 2.02. The van der Waals surface area contributed by atoms with Crippen molar-refractivity contribution in [3.8, 4) is 0 Å². The molecular formula is C15H18ClN3O2S. The molecule has 0 aliphatic heterocycles. The van der Waals surface area contributed by atoms with Crippen molar-refractivity contribution in [3.63, 3.8) is 0 Å². The second kappa shape index (κ2) is 7.65. The summed E-state index contributed by atoms with van der Waals surface area (Å²) in [6, 6.07) is 7.61. The minimum absolute atomic E-state index is 0.0167. The third-order valence-electron chi connectivity index (χ3n) is 2.94. The molecule has 0 saturated carbocycles. The van der Waals surface area contributed by atoms with Gasteiger partial charge in [-0.1, -0.05) is 49.3 Å². The van der Waals surface area contributed by atoms with Gasteiger partial charge in [0.25, 0.3) is 0 Å². The minimum Gasteiger partial charge on any atom is -0.481 e. The molecule has 0 aliphatic rings. The quantitative estimate of drug-likeness (QED) is 0.783. The fraction of sp³-hybridized carbons (Fsp3) is 0.400. The summed E-state index contributed by atoms with van der Waals surface area (Å²) in [6.45, 7) is 4.98. The molecule has 0 fully saturated rings. The van der Waals surface area contributed by atoms with Crippen molar-refractivity contribution in [1.82, 2.24) is 14.8 Å². The molecule has 0 unspecified atom stereocenters. The van der Waals surface area contributed by atoms with Crippen LogP contribution in [0.5, 0.6) is 0 Å². The summed E-state index contributed by atoms with van der Waals surface area (Å²) in [4.78, 5) is 10.7. The number of carbonyl (C=O) groups is 1. The monoisotopic (exact) mass is 339 g/mol. The topological polar surface area (TPSA) is 68.0 Å². The summed E-state index contributed by atoms with van der Waals surface area (Å²) >= 11 is 7.10. The largest absolute Gasteiger partial charge is 0.481 e. The Morgan fingerprint density at radius 3 is 2.59 bits per heavy atom. The van der Waals surface area contributed by atoms with Gasteiger partial charge in [-0.2, -0.15) is 0 Å². The highest BCUT2D eigenvalue weighted by Crippen LogP contribution is 2.20. The summed E-state index contributed by atoms with van der Waals surface area (Å²) in [7, 11) is 0. The van der Waals surface area contributed by atoms with Gasteiger partial charge in [-0.05, 0) is 23.6 Å². The molecule has 1 aromatic heterocycles. The van der Waals surface area contributed by atoms with Crippen LogP contribution in [0.15, 0.2) is 29.4 Å². The van der Waals surface area contributed by atoms with E-state index in [1.165, 1.54) is 11.8 Å². The van der Waals surface area contributed by atoms with E-state index in [1.807, 2.05) is 28.8 Å². The fourth-order valence-corrected chi connectivity index (χ4v) is 2.83. The number of hydrogen-bond acceptors (Lipinski definition) is 4. The van der Waals surface area contributed by atoms with Crippen LogP contribution in [0.4, 0.5) is 0 Å². The third kappa shape index (κ3) is 4.74. The van der Waals surface area contributed by atoms with Crippen LogP contribution in [0.1, 0.15) is 25.2 Å². The molecule has 0 amide bonds. The zero-order valence-corrected chi connectivity index (χ0v) is 14.1. The standard InChI is InChI=1S/C15H18ClN3O2S/c1-10(2)8-19-13(7-11-3-5-12(16)6-4-11)17-18-15(19)22-9-14(20)21/h3-6,10H,7-9H2,1-2H3,(H,20,21). The first kappa shape index (κ1) is 16.8. The second-order valence-corrected chi connectivity index (χ2v) is 6.77.